The Bertz CT molecular complexity index is 337. The van der Waals surface area contributed by atoms with E-state index in [0.29, 0.717) is 13.1 Å². The maximum Gasteiger partial charge on any atom is 0.234 e. The Balaban J connectivity index is 0. The third kappa shape index (κ3) is 10.0. The van der Waals surface area contributed by atoms with Crippen molar-refractivity contribution in [2.45, 2.75) is 39.2 Å². The number of nitrogens with zero attached hydrogens (tertiary/aromatic N) is 1. The number of piperidine rings is 1. The quantitative estimate of drug-likeness (QED) is 0.590. The Morgan fingerprint density at radius 3 is 2.35 bits per heavy atom. The van der Waals surface area contributed by atoms with Crippen LogP contribution in [0.25, 0.3) is 0 Å². The summed E-state index contributed by atoms with van der Waals surface area (Å²) in [5.41, 5.74) is 0. The average Bonchev–Trinajstić information content (AvgIpc) is 2.47. The number of nitrogens with one attached hydrogen (secondary N) is 3. The van der Waals surface area contributed by atoms with E-state index in [2.05, 4.69) is 20.9 Å². The summed E-state index contributed by atoms with van der Waals surface area (Å²) in [4.78, 5) is 25.8. The molecule has 3 N–H and O–H groups in total. The molecule has 138 valence electrons. The molecule has 0 aliphatic carbocycles. The molecule has 0 aromatic heterocycles. The van der Waals surface area contributed by atoms with E-state index in [4.69, 9.17) is 0 Å². The van der Waals surface area contributed by atoms with Crippen LogP contribution in [-0.2, 0) is 9.59 Å². The lowest BCUT2D eigenvalue weighted by molar-refractivity contribution is -0.126. The summed E-state index contributed by atoms with van der Waals surface area (Å²) in [7, 11) is 1.85. The van der Waals surface area contributed by atoms with Crippen molar-refractivity contribution < 1.29 is 9.59 Å². The largest absolute Gasteiger partial charge is 0.355 e. The van der Waals surface area contributed by atoms with Crippen LogP contribution in [0.3, 0.4) is 0 Å². The van der Waals surface area contributed by atoms with Crippen molar-refractivity contribution in [2.24, 2.45) is 5.92 Å². The molecule has 1 aliphatic rings. The molecule has 1 atom stereocenters. The molecule has 23 heavy (non-hydrogen) atoms. The highest BCUT2D eigenvalue weighted by atomic mass is 35.5. The fourth-order valence-electron chi connectivity index (χ4n) is 2.50. The predicted octanol–water partition coefficient (Wildman–Crippen LogP) is 0.792. The number of likely N-dealkylation sites (tertiary alicyclic amines) is 1. The van der Waals surface area contributed by atoms with Crippen LogP contribution < -0.4 is 16.0 Å². The van der Waals surface area contributed by atoms with Crippen LogP contribution in [0.4, 0.5) is 0 Å². The minimum atomic E-state index is -0.00662. The molecule has 1 unspecified atom stereocenters. The molecule has 1 heterocycles. The zero-order valence-corrected chi connectivity index (χ0v) is 16.0. The molecule has 0 radical (unpaired) electrons. The topological polar surface area (TPSA) is 73.5 Å². The highest BCUT2D eigenvalue weighted by Gasteiger charge is 2.23. The molecule has 1 saturated heterocycles. The lowest BCUT2D eigenvalue weighted by atomic mass is 10.0. The predicted molar refractivity (Wildman–Crippen MR) is 98.5 cm³/mol. The molecule has 0 aromatic carbocycles. The fourth-order valence-corrected chi connectivity index (χ4v) is 2.50. The zero-order valence-electron chi connectivity index (χ0n) is 14.4. The van der Waals surface area contributed by atoms with E-state index in [1.54, 1.807) is 0 Å². The molecule has 0 spiro atoms. The van der Waals surface area contributed by atoms with Crippen molar-refractivity contribution in [3.8, 4) is 0 Å². The third-order valence-electron chi connectivity index (χ3n) is 3.83. The molecule has 6 nitrogen and oxygen atoms in total. The zero-order chi connectivity index (χ0) is 15.7. The van der Waals surface area contributed by atoms with Gasteiger partial charge in [0.25, 0.3) is 0 Å². The Morgan fingerprint density at radius 2 is 1.83 bits per heavy atom. The van der Waals surface area contributed by atoms with Crippen LogP contribution in [0, 0.1) is 5.92 Å². The van der Waals surface area contributed by atoms with Crippen molar-refractivity contribution in [3.63, 3.8) is 0 Å². The van der Waals surface area contributed by atoms with Crippen LogP contribution in [0.15, 0.2) is 0 Å². The molecule has 0 bridgehead atoms. The number of halogens is 2. The van der Waals surface area contributed by atoms with Gasteiger partial charge in [-0.3, -0.25) is 14.5 Å². The first kappa shape index (κ1) is 24.7. The van der Waals surface area contributed by atoms with Gasteiger partial charge in [-0.25, -0.2) is 0 Å². The van der Waals surface area contributed by atoms with Gasteiger partial charge in [-0.2, -0.15) is 0 Å². The van der Waals surface area contributed by atoms with Gasteiger partial charge in [-0.1, -0.05) is 13.8 Å². The van der Waals surface area contributed by atoms with E-state index in [-0.39, 0.29) is 48.6 Å². The van der Waals surface area contributed by atoms with Gasteiger partial charge in [-0.05, 0) is 26.3 Å². The molecule has 1 aliphatic heterocycles. The van der Waals surface area contributed by atoms with Crippen LogP contribution in [-0.4, -0.2) is 62.5 Å². The van der Waals surface area contributed by atoms with Gasteiger partial charge in [0.15, 0.2) is 0 Å². The maximum absolute atomic E-state index is 11.9. The fraction of sp³-hybridized carbons (Fsp3) is 0.867. The van der Waals surface area contributed by atoms with E-state index < -0.39 is 0 Å². The van der Waals surface area contributed by atoms with Gasteiger partial charge >= 0.3 is 0 Å². The van der Waals surface area contributed by atoms with Crippen LogP contribution in [0.1, 0.15) is 33.1 Å². The SMILES string of the molecule is CCCNC(=O)CN1CCC(NC(=O)C(C)CNC)CC1.Cl.Cl. The normalized spacial score (nSPS) is 16.7. The second-order valence-corrected chi connectivity index (χ2v) is 5.87. The van der Waals surface area contributed by atoms with E-state index in [9.17, 15) is 9.59 Å². The summed E-state index contributed by atoms with van der Waals surface area (Å²) in [5, 5.41) is 9.02. The van der Waals surface area contributed by atoms with E-state index >= 15 is 0 Å². The molecule has 8 heteroatoms. The first-order chi connectivity index (χ1) is 10.1. The standard InChI is InChI=1S/C15H30N4O2.2ClH/c1-4-7-17-14(20)11-19-8-5-13(6-9-19)18-15(21)12(2)10-16-3;;/h12-13,16H,4-11H2,1-3H3,(H,17,20)(H,18,21);2*1H. The summed E-state index contributed by atoms with van der Waals surface area (Å²) >= 11 is 0. The maximum atomic E-state index is 11.9. The van der Waals surface area contributed by atoms with E-state index in [1.165, 1.54) is 0 Å². The monoisotopic (exact) mass is 370 g/mol. The summed E-state index contributed by atoms with van der Waals surface area (Å²) in [5.74, 6) is 0.207. The first-order valence-corrected chi connectivity index (χ1v) is 8.00. The summed E-state index contributed by atoms with van der Waals surface area (Å²) in [6.07, 6.45) is 2.79. The second kappa shape index (κ2) is 13.8. The number of amides is 2. The van der Waals surface area contributed by atoms with Crippen molar-refractivity contribution in [2.75, 3.05) is 39.8 Å². The van der Waals surface area contributed by atoms with Gasteiger partial charge in [0, 0.05) is 38.1 Å². The van der Waals surface area contributed by atoms with Gasteiger partial charge in [0.2, 0.25) is 11.8 Å². The summed E-state index contributed by atoms with van der Waals surface area (Å²) < 4.78 is 0. The highest BCUT2D eigenvalue weighted by Crippen LogP contribution is 2.10. The molecule has 1 fully saturated rings. The van der Waals surface area contributed by atoms with Crippen LogP contribution >= 0.6 is 24.8 Å². The highest BCUT2D eigenvalue weighted by molar-refractivity contribution is 5.85. The van der Waals surface area contributed by atoms with Crippen molar-refractivity contribution in [3.05, 3.63) is 0 Å². The number of hydrogen-bond acceptors (Lipinski definition) is 4. The molecule has 2 amide bonds. The minimum absolute atomic E-state index is 0. The van der Waals surface area contributed by atoms with Crippen molar-refractivity contribution >= 4 is 36.6 Å². The van der Waals surface area contributed by atoms with Gasteiger partial charge in [0.05, 0.1) is 6.54 Å². The van der Waals surface area contributed by atoms with Crippen LogP contribution in [0.2, 0.25) is 0 Å². The Hall–Kier alpha value is -0.560. The number of carbonyl (C=O) groups is 2. The summed E-state index contributed by atoms with van der Waals surface area (Å²) in [6.45, 7) is 7.62. The summed E-state index contributed by atoms with van der Waals surface area (Å²) in [6, 6.07) is 0.242. The minimum Gasteiger partial charge on any atom is -0.355 e. The lowest BCUT2D eigenvalue weighted by Crippen LogP contribution is -2.48. The van der Waals surface area contributed by atoms with Crippen LogP contribution in [0.5, 0.6) is 0 Å². The van der Waals surface area contributed by atoms with Gasteiger partial charge in [0.1, 0.15) is 0 Å². The lowest BCUT2D eigenvalue weighted by Gasteiger charge is -2.32. The average molecular weight is 371 g/mol. The number of hydrogen-bond donors (Lipinski definition) is 3. The molecular formula is C15H32Cl2N4O2. The first-order valence-electron chi connectivity index (χ1n) is 8.00. The molecule has 0 aromatic rings. The Labute approximate surface area is 152 Å². The Morgan fingerprint density at radius 1 is 1.22 bits per heavy atom. The number of carbonyl (C=O) groups excluding carboxylic acids is 2. The molecule has 0 saturated carbocycles. The van der Waals surface area contributed by atoms with Crippen molar-refractivity contribution in [1.29, 1.82) is 0 Å². The van der Waals surface area contributed by atoms with E-state index in [0.717, 1.165) is 38.9 Å². The molecular weight excluding hydrogens is 339 g/mol. The smallest absolute Gasteiger partial charge is 0.234 e. The van der Waals surface area contributed by atoms with Gasteiger partial charge < -0.3 is 16.0 Å². The van der Waals surface area contributed by atoms with Gasteiger partial charge in [-0.15, -0.1) is 24.8 Å². The third-order valence-corrected chi connectivity index (χ3v) is 3.83. The van der Waals surface area contributed by atoms with Crippen molar-refractivity contribution in [1.82, 2.24) is 20.9 Å². The Kier molecular flexibility index (Phi) is 14.9. The number of rotatable bonds is 8. The van der Waals surface area contributed by atoms with E-state index in [1.807, 2.05) is 20.9 Å². The second-order valence-electron chi connectivity index (χ2n) is 5.87. The molecule has 1 rings (SSSR count).